The molecule has 26 heavy (non-hydrogen) atoms. The van der Waals surface area contributed by atoms with E-state index in [2.05, 4.69) is 0 Å². The largest absolute Gasteiger partial charge is 0.468 e. The highest BCUT2D eigenvalue weighted by atomic mass is 32.2. The molecule has 0 saturated carbocycles. The molecule has 2 aromatic rings. The van der Waals surface area contributed by atoms with Crippen molar-refractivity contribution in [3.8, 4) is 0 Å². The third-order valence-electron chi connectivity index (χ3n) is 4.92. The van der Waals surface area contributed by atoms with Gasteiger partial charge < -0.3 is 4.74 Å². The zero-order chi connectivity index (χ0) is 19.1. The minimum Gasteiger partial charge on any atom is -0.468 e. The second-order valence-electron chi connectivity index (χ2n) is 6.77. The average Bonchev–Trinajstić information content (AvgIpc) is 2.61. The van der Waals surface area contributed by atoms with Crippen molar-refractivity contribution in [2.24, 2.45) is 0 Å². The van der Waals surface area contributed by atoms with Gasteiger partial charge in [-0.25, -0.2) is 8.42 Å². The number of fused-ring (bicyclic) bond motifs is 1. The van der Waals surface area contributed by atoms with E-state index >= 15 is 0 Å². The zero-order valence-corrected chi connectivity index (χ0v) is 16.2. The molecule has 1 aliphatic heterocycles. The van der Waals surface area contributed by atoms with Gasteiger partial charge in [0.15, 0.2) is 0 Å². The van der Waals surface area contributed by atoms with Crippen molar-refractivity contribution in [1.29, 1.82) is 0 Å². The third-order valence-corrected chi connectivity index (χ3v) is 6.92. The van der Waals surface area contributed by atoms with Crippen LogP contribution in [0.1, 0.15) is 35.2 Å². The number of ether oxygens (including phenoxy) is 1. The number of rotatable bonds is 3. The van der Waals surface area contributed by atoms with Crippen LogP contribution in [0.25, 0.3) is 0 Å². The number of nitrogens with zero attached hydrogens (tertiary/aromatic N) is 1. The van der Waals surface area contributed by atoms with Gasteiger partial charge in [0.2, 0.25) is 10.0 Å². The molecule has 0 saturated heterocycles. The van der Waals surface area contributed by atoms with Crippen molar-refractivity contribution in [3.05, 3.63) is 64.7 Å². The first-order valence-corrected chi connectivity index (χ1v) is 9.97. The molecule has 2 aromatic carbocycles. The Morgan fingerprint density at radius 1 is 1.08 bits per heavy atom. The van der Waals surface area contributed by atoms with Gasteiger partial charge in [0.25, 0.3) is 0 Å². The molecule has 0 aliphatic carbocycles. The Labute approximate surface area is 154 Å². The number of hydrogen-bond acceptors (Lipinski definition) is 4. The van der Waals surface area contributed by atoms with Crippen molar-refractivity contribution >= 4 is 16.0 Å². The Kier molecular flexibility index (Phi) is 4.90. The molecule has 0 aromatic heterocycles. The van der Waals surface area contributed by atoms with Gasteiger partial charge in [0.05, 0.1) is 12.0 Å². The fraction of sp³-hybridized carbons (Fsp3) is 0.350. The third kappa shape index (κ3) is 3.15. The van der Waals surface area contributed by atoms with E-state index in [1.54, 1.807) is 24.3 Å². The van der Waals surface area contributed by atoms with Crippen molar-refractivity contribution < 1.29 is 17.9 Å². The second-order valence-corrected chi connectivity index (χ2v) is 8.61. The molecule has 3 rings (SSSR count). The molecule has 0 fully saturated rings. The highest BCUT2D eigenvalue weighted by Gasteiger charge is 2.44. The van der Waals surface area contributed by atoms with Gasteiger partial charge >= 0.3 is 5.97 Å². The van der Waals surface area contributed by atoms with Crippen LogP contribution in [0.15, 0.2) is 47.4 Å². The maximum absolute atomic E-state index is 13.4. The molecule has 1 aliphatic rings. The van der Waals surface area contributed by atoms with Gasteiger partial charge in [0, 0.05) is 12.5 Å². The normalized spacial score (nSPS) is 20.5. The van der Waals surface area contributed by atoms with Crippen LogP contribution >= 0.6 is 0 Å². The molecular weight excluding hydrogens is 350 g/mol. The maximum atomic E-state index is 13.4. The summed E-state index contributed by atoms with van der Waals surface area (Å²) in [5, 5.41) is 0. The molecule has 138 valence electrons. The maximum Gasteiger partial charge on any atom is 0.324 e. The van der Waals surface area contributed by atoms with E-state index in [0.29, 0.717) is 6.42 Å². The summed E-state index contributed by atoms with van der Waals surface area (Å²) in [5.41, 5.74) is 3.94. The van der Waals surface area contributed by atoms with Crippen molar-refractivity contribution in [1.82, 2.24) is 4.31 Å². The molecule has 6 heteroatoms. The van der Waals surface area contributed by atoms with E-state index in [1.807, 2.05) is 39.0 Å². The Morgan fingerprint density at radius 2 is 1.69 bits per heavy atom. The topological polar surface area (TPSA) is 63.7 Å². The number of benzene rings is 2. The highest BCUT2D eigenvalue weighted by molar-refractivity contribution is 7.89. The van der Waals surface area contributed by atoms with E-state index in [0.717, 1.165) is 22.3 Å². The number of sulfonamides is 1. The summed E-state index contributed by atoms with van der Waals surface area (Å²) in [6.45, 7) is 5.69. The Hall–Kier alpha value is -2.18. The van der Waals surface area contributed by atoms with Gasteiger partial charge in [-0.2, -0.15) is 4.31 Å². The number of hydrogen-bond donors (Lipinski definition) is 0. The summed E-state index contributed by atoms with van der Waals surface area (Å²) in [6, 6.07) is 11.3. The Morgan fingerprint density at radius 3 is 2.31 bits per heavy atom. The van der Waals surface area contributed by atoms with E-state index < -0.39 is 28.1 Å². The van der Waals surface area contributed by atoms with Crippen LogP contribution in [0.4, 0.5) is 0 Å². The monoisotopic (exact) mass is 373 g/mol. The van der Waals surface area contributed by atoms with Crippen LogP contribution in [0.2, 0.25) is 0 Å². The molecule has 1 heterocycles. The summed E-state index contributed by atoms with van der Waals surface area (Å²) in [7, 11) is -2.57. The summed E-state index contributed by atoms with van der Waals surface area (Å²) < 4.78 is 32.9. The average molecular weight is 373 g/mol. The predicted octanol–water partition coefficient (Wildman–Crippen LogP) is 3.15. The lowest BCUT2D eigenvalue weighted by Crippen LogP contribution is -2.50. The second kappa shape index (κ2) is 6.85. The fourth-order valence-corrected chi connectivity index (χ4v) is 5.27. The molecular formula is C20H23NO4S. The summed E-state index contributed by atoms with van der Waals surface area (Å²) >= 11 is 0. The van der Waals surface area contributed by atoms with Crippen molar-refractivity contribution in [2.45, 2.75) is 44.2 Å². The fourth-order valence-electron chi connectivity index (χ4n) is 3.53. The standard InChI is InChI=1S/C20H23NO4S/c1-13-6-9-17(10-7-13)26(23,24)21-15(3)18-11-14(2)5-8-16(18)12-19(21)20(22)25-4/h5-11,15,19H,12H2,1-4H3. The quantitative estimate of drug-likeness (QED) is 0.776. The molecule has 2 atom stereocenters. The first-order valence-electron chi connectivity index (χ1n) is 8.53. The molecule has 0 spiro atoms. The van der Waals surface area contributed by atoms with Gasteiger partial charge in [-0.05, 0) is 44.0 Å². The first kappa shape index (κ1) is 18.6. The lowest BCUT2D eigenvalue weighted by molar-refractivity contribution is -0.146. The number of carbonyl (C=O) groups is 1. The lowest BCUT2D eigenvalue weighted by atomic mass is 9.89. The zero-order valence-electron chi connectivity index (χ0n) is 15.4. The smallest absolute Gasteiger partial charge is 0.324 e. The number of aryl methyl sites for hydroxylation is 2. The molecule has 0 radical (unpaired) electrons. The first-order chi connectivity index (χ1) is 12.3. The minimum atomic E-state index is -3.86. The van der Waals surface area contributed by atoms with Gasteiger partial charge in [-0.15, -0.1) is 0 Å². The van der Waals surface area contributed by atoms with E-state index in [4.69, 9.17) is 4.74 Å². The molecule has 0 bridgehead atoms. The van der Waals surface area contributed by atoms with E-state index in [1.165, 1.54) is 11.4 Å². The van der Waals surface area contributed by atoms with Crippen molar-refractivity contribution in [3.63, 3.8) is 0 Å². The van der Waals surface area contributed by atoms with Crippen molar-refractivity contribution in [2.75, 3.05) is 7.11 Å². The van der Waals surface area contributed by atoms with Gasteiger partial charge in [0.1, 0.15) is 6.04 Å². The van der Waals surface area contributed by atoms with Gasteiger partial charge in [-0.3, -0.25) is 4.79 Å². The van der Waals surface area contributed by atoms with Crippen LogP contribution < -0.4 is 0 Å². The van der Waals surface area contributed by atoms with Crippen LogP contribution in [0, 0.1) is 13.8 Å². The van der Waals surface area contributed by atoms with Crippen LogP contribution in [-0.2, 0) is 26.0 Å². The summed E-state index contributed by atoms with van der Waals surface area (Å²) in [6.07, 6.45) is 0.303. The predicted molar refractivity (Wildman–Crippen MR) is 99.3 cm³/mol. The Bertz CT molecular complexity index is 935. The summed E-state index contributed by atoms with van der Waals surface area (Å²) in [5.74, 6) is -0.543. The minimum absolute atomic E-state index is 0.181. The molecule has 0 amide bonds. The number of carbonyl (C=O) groups excluding carboxylic acids is 1. The van der Waals surface area contributed by atoms with Crippen LogP contribution in [0.3, 0.4) is 0 Å². The highest BCUT2D eigenvalue weighted by Crippen LogP contribution is 2.38. The number of esters is 1. The summed E-state index contributed by atoms with van der Waals surface area (Å²) in [4.78, 5) is 12.6. The number of methoxy groups -OCH3 is 1. The van der Waals surface area contributed by atoms with E-state index in [-0.39, 0.29) is 4.90 Å². The van der Waals surface area contributed by atoms with Crippen LogP contribution in [0.5, 0.6) is 0 Å². The molecule has 0 N–H and O–H groups in total. The lowest BCUT2D eigenvalue weighted by Gasteiger charge is -2.39. The van der Waals surface area contributed by atoms with E-state index in [9.17, 15) is 13.2 Å². The SMILES string of the molecule is COC(=O)C1Cc2ccc(C)cc2C(C)N1S(=O)(=O)c1ccc(C)cc1. The van der Waals surface area contributed by atoms with Crippen LogP contribution in [-0.4, -0.2) is 31.8 Å². The van der Waals surface area contributed by atoms with Gasteiger partial charge in [-0.1, -0.05) is 41.5 Å². The molecule has 2 unspecified atom stereocenters. The Balaban J connectivity index is 2.15. The molecule has 5 nitrogen and oxygen atoms in total.